The number of carbonyl (C=O) groups excluding carboxylic acids is 1. The van der Waals surface area contributed by atoms with Gasteiger partial charge in [0.05, 0.1) is 16.0 Å². The van der Waals surface area contributed by atoms with E-state index in [0.717, 1.165) is 80.4 Å². The predicted octanol–water partition coefficient (Wildman–Crippen LogP) is 3.27. The van der Waals surface area contributed by atoms with Crippen LogP contribution in [0.1, 0.15) is 50.5 Å². The quantitative estimate of drug-likeness (QED) is 0.795. The summed E-state index contributed by atoms with van der Waals surface area (Å²) in [6.07, 6.45) is 8.23. The van der Waals surface area contributed by atoms with Gasteiger partial charge < -0.3 is 14.9 Å². The molecule has 0 radical (unpaired) electrons. The van der Waals surface area contributed by atoms with E-state index in [9.17, 15) is 9.90 Å². The molecule has 26 heavy (non-hydrogen) atoms. The van der Waals surface area contributed by atoms with Gasteiger partial charge in [0.15, 0.2) is 0 Å². The van der Waals surface area contributed by atoms with Crippen LogP contribution in [0.15, 0.2) is 16.7 Å². The van der Waals surface area contributed by atoms with E-state index < -0.39 is 0 Å². The Morgan fingerprint density at radius 3 is 2.73 bits per heavy atom. The molecule has 2 aliphatic heterocycles. The van der Waals surface area contributed by atoms with E-state index in [4.69, 9.17) is 0 Å². The molecule has 3 fully saturated rings. The number of hydrogen-bond donors (Lipinski definition) is 1. The minimum atomic E-state index is -0.250. The standard InChI is InChI=1S/C20H28BrN3O2/c1-14-11-17(21)18(22-12-14)23-9-2-7-20(13-23)8-10-24(19(20)26)15-3-5-16(25)6-4-15/h11-12,15-16,25H,2-10,13H2,1H3/t15?,16?,20-/m0/s1. The molecule has 1 aromatic heterocycles. The van der Waals surface area contributed by atoms with Gasteiger partial charge in [0, 0.05) is 31.9 Å². The maximum absolute atomic E-state index is 13.4. The molecule has 3 aliphatic rings. The summed E-state index contributed by atoms with van der Waals surface area (Å²) in [4.78, 5) is 22.4. The number of aromatic nitrogens is 1. The number of piperidine rings is 1. The fourth-order valence-corrected chi connectivity index (χ4v) is 5.73. The fraction of sp³-hybridized carbons (Fsp3) is 0.700. The Labute approximate surface area is 163 Å². The van der Waals surface area contributed by atoms with E-state index in [1.807, 2.05) is 13.1 Å². The number of carbonyl (C=O) groups is 1. The summed E-state index contributed by atoms with van der Waals surface area (Å²) in [6, 6.07) is 2.42. The van der Waals surface area contributed by atoms with Crippen LogP contribution in [0.5, 0.6) is 0 Å². The van der Waals surface area contributed by atoms with Crippen molar-refractivity contribution in [2.75, 3.05) is 24.5 Å². The second-order valence-electron chi connectivity index (χ2n) is 8.33. The molecule has 1 aromatic rings. The van der Waals surface area contributed by atoms with Crippen LogP contribution in [0.3, 0.4) is 0 Å². The smallest absolute Gasteiger partial charge is 0.230 e. The number of aliphatic hydroxyl groups excluding tert-OH is 1. The Hall–Kier alpha value is -1.14. The molecule has 1 aliphatic carbocycles. The molecule has 5 nitrogen and oxygen atoms in total. The van der Waals surface area contributed by atoms with Crippen molar-refractivity contribution >= 4 is 27.7 Å². The summed E-state index contributed by atoms with van der Waals surface area (Å²) in [5, 5.41) is 9.76. The largest absolute Gasteiger partial charge is 0.393 e. The normalized spacial score (nSPS) is 32.5. The number of hydrogen-bond acceptors (Lipinski definition) is 4. The predicted molar refractivity (Wildman–Crippen MR) is 105 cm³/mol. The lowest BCUT2D eigenvalue weighted by atomic mass is 9.78. The Morgan fingerprint density at radius 2 is 2.00 bits per heavy atom. The summed E-state index contributed by atoms with van der Waals surface area (Å²) in [5.41, 5.74) is 0.885. The van der Waals surface area contributed by atoms with Crippen LogP contribution in [-0.2, 0) is 4.79 Å². The number of nitrogens with zero attached hydrogens (tertiary/aromatic N) is 3. The Kier molecular flexibility index (Phi) is 4.99. The molecule has 0 aromatic carbocycles. The molecule has 1 amide bonds. The summed E-state index contributed by atoms with van der Waals surface area (Å²) in [6.45, 7) is 4.64. The summed E-state index contributed by atoms with van der Waals surface area (Å²) >= 11 is 3.65. The maximum Gasteiger partial charge on any atom is 0.230 e. The second kappa shape index (κ2) is 7.12. The highest BCUT2D eigenvalue weighted by atomic mass is 79.9. The van der Waals surface area contributed by atoms with Crippen molar-refractivity contribution < 1.29 is 9.90 Å². The van der Waals surface area contributed by atoms with Gasteiger partial charge in [-0.15, -0.1) is 0 Å². The van der Waals surface area contributed by atoms with Gasteiger partial charge in [0.2, 0.25) is 5.91 Å². The zero-order chi connectivity index (χ0) is 18.3. The number of aliphatic hydroxyl groups is 1. The fourth-order valence-electron chi connectivity index (χ4n) is 5.02. The number of likely N-dealkylation sites (tertiary alicyclic amines) is 1. The van der Waals surface area contributed by atoms with Gasteiger partial charge in [-0.3, -0.25) is 4.79 Å². The highest BCUT2D eigenvalue weighted by Crippen LogP contribution is 2.44. The van der Waals surface area contributed by atoms with Gasteiger partial charge in [-0.05, 0) is 79.4 Å². The molecular weight excluding hydrogens is 394 g/mol. The molecule has 4 rings (SSSR count). The van der Waals surface area contributed by atoms with Gasteiger partial charge in [-0.2, -0.15) is 0 Å². The number of pyridine rings is 1. The van der Waals surface area contributed by atoms with Crippen LogP contribution in [0.2, 0.25) is 0 Å². The zero-order valence-electron chi connectivity index (χ0n) is 15.5. The number of amides is 1. The van der Waals surface area contributed by atoms with Crippen molar-refractivity contribution in [2.45, 2.75) is 64.0 Å². The lowest BCUT2D eigenvalue weighted by Gasteiger charge is -2.41. The SMILES string of the molecule is Cc1cnc(N2CCC[C@]3(CCN(C4CCC(O)CC4)C3=O)C2)c(Br)c1. The van der Waals surface area contributed by atoms with Gasteiger partial charge >= 0.3 is 0 Å². The van der Waals surface area contributed by atoms with Crippen LogP contribution in [0.4, 0.5) is 5.82 Å². The van der Waals surface area contributed by atoms with Crippen LogP contribution in [-0.4, -0.2) is 52.7 Å². The molecule has 3 heterocycles. The molecule has 0 bridgehead atoms. The van der Waals surface area contributed by atoms with Crippen LogP contribution in [0, 0.1) is 12.3 Å². The van der Waals surface area contributed by atoms with Crippen molar-refractivity contribution in [2.24, 2.45) is 5.41 Å². The topological polar surface area (TPSA) is 56.7 Å². The number of anilines is 1. The highest BCUT2D eigenvalue weighted by molar-refractivity contribution is 9.10. The first kappa shape index (κ1) is 18.2. The van der Waals surface area contributed by atoms with E-state index in [-0.39, 0.29) is 11.5 Å². The average Bonchev–Trinajstić information content (AvgIpc) is 2.92. The molecule has 1 saturated carbocycles. The molecule has 1 spiro atoms. The lowest BCUT2D eigenvalue weighted by Crippen LogP contribution is -2.50. The average molecular weight is 422 g/mol. The highest BCUT2D eigenvalue weighted by Gasteiger charge is 2.50. The third-order valence-corrected chi connectivity index (χ3v) is 7.07. The molecular formula is C20H28BrN3O2. The van der Waals surface area contributed by atoms with Crippen molar-refractivity contribution in [1.29, 1.82) is 0 Å². The Bertz CT molecular complexity index is 690. The molecule has 0 unspecified atom stereocenters. The van der Waals surface area contributed by atoms with Gasteiger partial charge in [-0.25, -0.2) is 4.98 Å². The van der Waals surface area contributed by atoms with Crippen molar-refractivity contribution in [3.8, 4) is 0 Å². The summed E-state index contributed by atoms with van der Waals surface area (Å²) in [7, 11) is 0. The Balaban J connectivity index is 1.50. The second-order valence-corrected chi connectivity index (χ2v) is 9.19. The molecule has 6 heteroatoms. The first-order chi connectivity index (χ1) is 12.5. The lowest BCUT2D eigenvalue weighted by molar-refractivity contribution is -0.139. The Morgan fingerprint density at radius 1 is 1.23 bits per heavy atom. The minimum Gasteiger partial charge on any atom is -0.393 e. The molecule has 1 atom stereocenters. The van der Waals surface area contributed by atoms with E-state index in [1.54, 1.807) is 0 Å². The first-order valence-electron chi connectivity index (χ1n) is 9.85. The van der Waals surface area contributed by atoms with Gasteiger partial charge in [-0.1, -0.05) is 0 Å². The van der Waals surface area contributed by atoms with E-state index in [1.165, 1.54) is 0 Å². The van der Waals surface area contributed by atoms with E-state index >= 15 is 0 Å². The number of halogens is 1. The van der Waals surface area contributed by atoms with Crippen LogP contribution >= 0.6 is 15.9 Å². The molecule has 142 valence electrons. The zero-order valence-corrected chi connectivity index (χ0v) is 17.0. The van der Waals surface area contributed by atoms with Gasteiger partial charge in [0.25, 0.3) is 0 Å². The van der Waals surface area contributed by atoms with Crippen LogP contribution < -0.4 is 4.90 Å². The molecule has 1 N–H and O–H groups in total. The number of aryl methyl sites for hydroxylation is 1. The summed E-state index contributed by atoms with van der Waals surface area (Å²) < 4.78 is 1.01. The minimum absolute atomic E-state index is 0.173. The summed E-state index contributed by atoms with van der Waals surface area (Å²) in [5.74, 6) is 1.30. The maximum atomic E-state index is 13.4. The van der Waals surface area contributed by atoms with Crippen LogP contribution in [0.25, 0.3) is 0 Å². The third-order valence-electron chi connectivity index (χ3n) is 6.49. The monoisotopic (exact) mass is 421 g/mol. The van der Waals surface area contributed by atoms with Crippen molar-refractivity contribution in [1.82, 2.24) is 9.88 Å². The van der Waals surface area contributed by atoms with E-state index in [2.05, 4.69) is 36.8 Å². The van der Waals surface area contributed by atoms with Crippen molar-refractivity contribution in [3.05, 3.63) is 22.3 Å². The van der Waals surface area contributed by atoms with E-state index in [0.29, 0.717) is 11.9 Å². The first-order valence-corrected chi connectivity index (χ1v) is 10.6. The molecule has 2 saturated heterocycles. The van der Waals surface area contributed by atoms with Gasteiger partial charge in [0.1, 0.15) is 5.82 Å². The number of rotatable bonds is 2. The van der Waals surface area contributed by atoms with Crippen molar-refractivity contribution in [3.63, 3.8) is 0 Å². The third kappa shape index (κ3) is 3.26.